The number of aromatic nitrogens is 1. The van der Waals surface area contributed by atoms with Gasteiger partial charge in [0.15, 0.2) is 0 Å². The van der Waals surface area contributed by atoms with E-state index in [2.05, 4.69) is 37.2 Å². The van der Waals surface area contributed by atoms with Crippen LogP contribution >= 0.6 is 15.9 Å². The lowest BCUT2D eigenvalue weighted by atomic mass is 10.2. The first kappa shape index (κ1) is 16.9. The van der Waals surface area contributed by atoms with Crippen LogP contribution in [0.4, 0.5) is 10.5 Å². The lowest BCUT2D eigenvalue weighted by Crippen LogP contribution is -2.49. The van der Waals surface area contributed by atoms with Gasteiger partial charge in [0.05, 0.1) is 0 Å². The lowest BCUT2D eigenvalue weighted by Gasteiger charge is -2.34. The molecule has 0 atom stereocenters. The molecule has 1 aliphatic rings. The summed E-state index contributed by atoms with van der Waals surface area (Å²) in [4.78, 5) is 20.8. The highest BCUT2D eigenvalue weighted by Gasteiger charge is 2.21. The van der Waals surface area contributed by atoms with Crippen molar-refractivity contribution in [1.29, 1.82) is 0 Å². The van der Waals surface area contributed by atoms with Gasteiger partial charge in [-0.2, -0.15) is 0 Å². The molecular formula is C18H21BrN4O. The van der Waals surface area contributed by atoms with Gasteiger partial charge in [0, 0.05) is 55.3 Å². The monoisotopic (exact) mass is 388 g/mol. The quantitative estimate of drug-likeness (QED) is 0.874. The molecule has 1 aliphatic heterocycles. The number of aryl methyl sites for hydroxylation is 1. The van der Waals surface area contributed by atoms with Crippen LogP contribution in [0, 0.1) is 6.92 Å². The van der Waals surface area contributed by atoms with Crippen LogP contribution in [0.15, 0.2) is 47.2 Å². The topological polar surface area (TPSA) is 48.5 Å². The Balaban J connectivity index is 1.50. The molecule has 0 aliphatic carbocycles. The number of halogens is 1. The number of rotatable bonds is 3. The fourth-order valence-corrected chi connectivity index (χ4v) is 3.03. The summed E-state index contributed by atoms with van der Waals surface area (Å²) in [5.74, 6) is 0. The summed E-state index contributed by atoms with van der Waals surface area (Å²) < 4.78 is 1.05. The van der Waals surface area contributed by atoms with E-state index in [1.165, 1.54) is 5.56 Å². The number of hydrogen-bond donors (Lipinski definition) is 1. The summed E-state index contributed by atoms with van der Waals surface area (Å²) >= 11 is 3.47. The van der Waals surface area contributed by atoms with Crippen LogP contribution in [0.2, 0.25) is 0 Å². The van der Waals surface area contributed by atoms with Crippen molar-refractivity contribution in [3.63, 3.8) is 0 Å². The van der Waals surface area contributed by atoms with Gasteiger partial charge in [0.2, 0.25) is 0 Å². The molecule has 1 N–H and O–H groups in total. The van der Waals surface area contributed by atoms with E-state index in [4.69, 9.17) is 0 Å². The largest absolute Gasteiger partial charge is 0.322 e. The normalized spacial score (nSPS) is 15.3. The van der Waals surface area contributed by atoms with Gasteiger partial charge in [-0.25, -0.2) is 4.79 Å². The number of amides is 2. The number of urea groups is 1. The van der Waals surface area contributed by atoms with E-state index in [9.17, 15) is 4.79 Å². The minimum absolute atomic E-state index is 0.0299. The van der Waals surface area contributed by atoms with Crippen molar-refractivity contribution in [3.05, 3.63) is 58.3 Å². The molecule has 0 bridgehead atoms. The fraction of sp³-hybridized carbons (Fsp3) is 0.333. The maximum Gasteiger partial charge on any atom is 0.321 e. The minimum atomic E-state index is -0.0299. The Morgan fingerprint density at radius 1 is 1.25 bits per heavy atom. The molecule has 1 fully saturated rings. The minimum Gasteiger partial charge on any atom is -0.322 e. The van der Waals surface area contributed by atoms with Crippen LogP contribution in [-0.4, -0.2) is 47.0 Å². The second-order valence-corrected chi connectivity index (χ2v) is 6.87. The number of carbonyl (C=O) groups is 1. The maximum atomic E-state index is 12.4. The zero-order valence-electron chi connectivity index (χ0n) is 13.7. The van der Waals surface area contributed by atoms with Crippen molar-refractivity contribution < 1.29 is 4.79 Å². The third-order valence-corrected chi connectivity index (χ3v) is 5.09. The highest BCUT2D eigenvalue weighted by Crippen LogP contribution is 2.20. The second-order valence-electron chi connectivity index (χ2n) is 6.02. The molecule has 2 aromatic rings. The van der Waals surface area contributed by atoms with Gasteiger partial charge >= 0.3 is 6.03 Å². The molecule has 2 amide bonds. The van der Waals surface area contributed by atoms with Gasteiger partial charge in [0.25, 0.3) is 0 Å². The highest BCUT2D eigenvalue weighted by molar-refractivity contribution is 9.10. The molecule has 24 heavy (non-hydrogen) atoms. The van der Waals surface area contributed by atoms with Crippen molar-refractivity contribution in [1.82, 2.24) is 14.8 Å². The van der Waals surface area contributed by atoms with E-state index in [0.29, 0.717) is 0 Å². The lowest BCUT2D eigenvalue weighted by molar-refractivity contribution is 0.143. The molecule has 0 radical (unpaired) electrons. The Kier molecular flexibility index (Phi) is 5.48. The number of nitrogens with one attached hydrogen (secondary N) is 1. The van der Waals surface area contributed by atoms with Crippen LogP contribution in [0.5, 0.6) is 0 Å². The SMILES string of the molecule is Cc1cc(NC(=O)N2CCN(Cc3cccnc3)CC2)ccc1Br. The van der Waals surface area contributed by atoms with Crippen molar-refractivity contribution in [3.8, 4) is 0 Å². The predicted molar refractivity (Wildman–Crippen MR) is 99.0 cm³/mol. The van der Waals surface area contributed by atoms with E-state index in [-0.39, 0.29) is 6.03 Å². The van der Waals surface area contributed by atoms with E-state index >= 15 is 0 Å². The number of carbonyl (C=O) groups excluding carboxylic acids is 1. The van der Waals surface area contributed by atoms with Crippen LogP contribution < -0.4 is 5.32 Å². The first-order valence-electron chi connectivity index (χ1n) is 8.05. The van der Waals surface area contributed by atoms with Gasteiger partial charge in [-0.3, -0.25) is 9.88 Å². The van der Waals surface area contributed by atoms with E-state index in [1.807, 2.05) is 42.3 Å². The zero-order valence-corrected chi connectivity index (χ0v) is 15.3. The average Bonchev–Trinajstić information content (AvgIpc) is 2.60. The number of nitrogens with zero attached hydrogens (tertiary/aromatic N) is 3. The van der Waals surface area contributed by atoms with Crippen molar-refractivity contribution in [2.24, 2.45) is 0 Å². The molecule has 1 saturated heterocycles. The van der Waals surface area contributed by atoms with Gasteiger partial charge in [-0.15, -0.1) is 0 Å². The van der Waals surface area contributed by atoms with Gasteiger partial charge in [-0.1, -0.05) is 22.0 Å². The van der Waals surface area contributed by atoms with Gasteiger partial charge in [0.1, 0.15) is 0 Å². The number of hydrogen-bond acceptors (Lipinski definition) is 3. The van der Waals surface area contributed by atoms with Gasteiger partial charge in [-0.05, 0) is 42.3 Å². The van der Waals surface area contributed by atoms with Crippen LogP contribution in [0.3, 0.4) is 0 Å². The van der Waals surface area contributed by atoms with E-state index in [0.717, 1.165) is 48.4 Å². The summed E-state index contributed by atoms with van der Waals surface area (Å²) in [7, 11) is 0. The third kappa shape index (κ3) is 4.33. The summed E-state index contributed by atoms with van der Waals surface area (Å²) in [6, 6.07) is 9.85. The Morgan fingerprint density at radius 3 is 2.71 bits per heavy atom. The maximum absolute atomic E-state index is 12.4. The molecular weight excluding hydrogens is 368 g/mol. The van der Waals surface area contributed by atoms with E-state index < -0.39 is 0 Å². The molecule has 2 heterocycles. The van der Waals surface area contributed by atoms with Crippen molar-refractivity contribution >= 4 is 27.6 Å². The summed E-state index contributed by atoms with van der Waals surface area (Å²) in [6.45, 7) is 6.12. The highest BCUT2D eigenvalue weighted by atomic mass is 79.9. The van der Waals surface area contributed by atoms with Crippen LogP contribution in [-0.2, 0) is 6.54 Å². The standard InChI is InChI=1S/C18H21BrN4O/c1-14-11-16(4-5-17(14)19)21-18(24)23-9-7-22(8-10-23)13-15-3-2-6-20-12-15/h2-6,11-12H,7-10,13H2,1H3,(H,21,24). The number of piperazine rings is 1. The van der Waals surface area contributed by atoms with Crippen molar-refractivity contribution in [2.45, 2.75) is 13.5 Å². The molecule has 0 saturated carbocycles. The Morgan fingerprint density at radius 2 is 2.04 bits per heavy atom. The summed E-state index contributed by atoms with van der Waals surface area (Å²) in [5.41, 5.74) is 3.15. The first-order chi connectivity index (χ1) is 11.6. The van der Waals surface area contributed by atoms with Crippen molar-refractivity contribution in [2.75, 3.05) is 31.5 Å². The molecule has 6 heteroatoms. The Hall–Kier alpha value is -1.92. The molecule has 0 unspecified atom stereocenters. The summed E-state index contributed by atoms with van der Waals surface area (Å²) in [5, 5.41) is 2.98. The predicted octanol–water partition coefficient (Wildman–Crippen LogP) is 3.50. The van der Waals surface area contributed by atoms with E-state index in [1.54, 1.807) is 6.20 Å². The molecule has 126 valence electrons. The average molecular weight is 389 g/mol. The number of anilines is 1. The molecule has 1 aromatic carbocycles. The molecule has 1 aromatic heterocycles. The molecule has 0 spiro atoms. The number of pyridine rings is 1. The fourth-order valence-electron chi connectivity index (χ4n) is 2.78. The first-order valence-corrected chi connectivity index (χ1v) is 8.84. The Bertz CT molecular complexity index is 699. The summed E-state index contributed by atoms with van der Waals surface area (Å²) in [6.07, 6.45) is 3.69. The smallest absolute Gasteiger partial charge is 0.321 e. The number of benzene rings is 1. The molecule has 5 nitrogen and oxygen atoms in total. The third-order valence-electron chi connectivity index (χ3n) is 4.20. The van der Waals surface area contributed by atoms with Crippen LogP contribution in [0.1, 0.15) is 11.1 Å². The molecule has 3 rings (SSSR count). The van der Waals surface area contributed by atoms with Crippen LogP contribution in [0.25, 0.3) is 0 Å². The zero-order chi connectivity index (χ0) is 16.9. The van der Waals surface area contributed by atoms with Gasteiger partial charge < -0.3 is 10.2 Å². The second kappa shape index (κ2) is 7.77. The Labute approximate surface area is 150 Å².